The average molecular weight is 408 g/mol. The van der Waals surface area contributed by atoms with Crippen LogP contribution in [0.2, 0.25) is 0 Å². The highest BCUT2D eigenvalue weighted by molar-refractivity contribution is 7.89. The van der Waals surface area contributed by atoms with Gasteiger partial charge in [0, 0.05) is 23.5 Å². The van der Waals surface area contributed by atoms with E-state index in [2.05, 4.69) is 17.2 Å². The van der Waals surface area contributed by atoms with E-state index in [0.717, 1.165) is 25.0 Å². The van der Waals surface area contributed by atoms with E-state index in [1.54, 1.807) is 26.0 Å². The smallest absolute Gasteiger partial charge is 0.257 e. The van der Waals surface area contributed by atoms with Gasteiger partial charge < -0.3 is 0 Å². The Morgan fingerprint density at radius 3 is 2.78 bits per heavy atom. The van der Waals surface area contributed by atoms with Crippen molar-refractivity contribution < 1.29 is 13.2 Å². The molecule has 8 heteroatoms. The summed E-state index contributed by atoms with van der Waals surface area (Å²) in [6.45, 7) is 6.59. The van der Waals surface area contributed by atoms with E-state index in [-0.39, 0.29) is 10.8 Å². The standard InChI is InChI=1S/C19H25N3O3S2/c1-4-22(5-2)27(24,25)15-8-6-7-14(12-15)18(23)21-19-20-16-10-9-13(3)11-17(16)26-19/h6-8,12-13H,4-5,9-11H2,1-3H3,(H,20,21,23). The third-order valence-electron chi connectivity index (χ3n) is 4.85. The Kier molecular flexibility index (Phi) is 5.98. The maximum atomic E-state index is 12.7. The molecule has 6 nitrogen and oxygen atoms in total. The molecule has 146 valence electrons. The van der Waals surface area contributed by atoms with Gasteiger partial charge in [0.15, 0.2) is 5.13 Å². The van der Waals surface area contributed by atoms with Crippen LogP contribution in [0.4, 0.5) is 5.13 Å². The number of benzene rings is 1. The van der Waals surface area contributed by atoms with Gasteiger partial charge in [-0.3, -0.25) is 10.1 Å². The molecular formula is C19H25N3O3S2. The number of rotatable bonds is 6. The van der Waals surface area contributed by atoms with E-state index < -0.39 is 10.0 Å². The number of carbonyl (C=O) groups is 1. The van der Waals surface area contributed by atoms with Crippen molar-refractivity contribution in [3.63, 3.8) is 0 Å². The summed E-state index contributed by atoms with van der Waals surface area (Å²) in [6.07, 6.45) is 3.07. The number of thiazole rings is 1. The quantitative estimate of drug-likeness (QED) is 0.794. The third kappa shape index (κ3) is 4.23. The molecule has 1 heterocycles. The van der Waals surface area contributed by atoms with Crippen molar-refractivity contribution in [3.05, 3.63) is 40.4 Å². The van der Waals surface area contributed by atoms with Gasteiger partial charge in [-0.1, -0.05) is 26.8 Å². The Labute approximate surface area is 164 Å². The Morgan fingerprint density at radius 1 is 1.33 bits per heavy atom. The first-order chi connectivity index (χ1) is 12.8. The average Bonchev–Trinajstić information content (AvgIpc) is 3.03. The summed E-state index contributed by atoms with van der Waals surface area (Å²) in [4.78, 5) is 18.5. The Morgan fingerprint density at radius 2 is 2.07 bits per heavy atom. The van der Waals surface area contributed by atoms with Crippen LogP contribution in [0.3, 0.4) is 0 Å². The molecule has 2 aromatic rings. The van der Waals surface area contributed by atoms with Gasteiger partial charge in [0.1, 0.15) is 0 Å². The van der Waals surface area contributed by atoms with E-state index >= 15 is 0 Å². The molecule has 1 aromatic heterocycles. The minimum absolute atomic E-state index is 0.131. The number of fused-ring (bicyclic) bond motifs is 1. The number of amides is 1. The number of aromatic nitrogens is 1. The molecule has 1 amide bonds. The summed E-state index contributed by atoms with van der Waals surface area (Å²) < 4.78 is 26.7. The minimum atomic E-state index is -3.60. The Balaban J connectivity index is 1.80. The van der Waals surface area contributed by atoms with Crippen molar-refractivity contribution in [2.75, 3.05) is 18.4 Å². The molecule has 0 saturated heterocycles. The Bertz CT molecular complexity index is 933. The monoisotopic (exact) mass is 407 g/mol. The maximum Gasteiger partial charge on any atom is 0.257 e. The second kappa shape index (κ2) is 8.08. The van der Waals surface area contributed by atoms with Crippen LogP contribution >= 0.6 is 11.3 Å². The fraction of sp³-hybridized carbons (Fsp3) is 0.474. The second-order valence-corrected chi connectivity index (χ2v) is 9.83. The SMILES string of the molecule is CCN(CC)S(=O)(=O)c1cccc(C(=O)Nc2nc3c(s2)CC(C)CC3)c1. The summed E-state index contributed by atoms with van der Waals surface area (Å²) in [5, 5.41) is 3.41. The van der Waals surface area contributed by atoms with Gasteiger partial charge in [-0.05, 0) is 43.4 Å². The number of nitrogens with zero attached hydrogens (tertiary/aromatic N) is 2. The zero-order valence-corrected chi connectivity index (χ0v) is 17.5. The summed E-state index contributed by atoms with van der Waals surface area (Å²) in [7, 11) is -3.60. The van der Waals surface area contributed by atoms with Crippen molar-refractivity contribution in [3.8, 4) is 0 Å². The summed E-state index contributed by atoms with van der Waals surface area (Å²) in [6, 6.07) is 6.17. The first kappa shape index (κ1) is 20.0. The molecule has 3 rings (SSSR count). The largest absolute Gasteiger partial charge is 0.298 e. The predicted molar refractivity (Wildman–Crippen MR) is 108 cm³/mol. The number of hydrogen-bond acceptors (Lipinski definition) is 5. The third-order valence-corrected chi connectivity index (χ3v) is 7.93. The first-order valence-electron chi connectivity index (χ1n) is 9.25. The van der Waals surface area contributed by atoms with Gasteiger partial charge in [0.05, 0.1) is 10.6 Å². The molecule has 0 radical (unpaired) electrons. The molecule has 1 aliphatic rings. The minimum Gasteiger partial charge on any atom is -0.298 e. The van der Waals surface area contributed by atoms with Crippen molar-refractivity contribution in [2.45, 2.75) is 44.9 Å². The number of carbonyl (C=O) groups excluding carboxylic acids is 1. The van der Waals surface area contributed by atoms with Crippen LogP contribution in [0.15, 0.2) is 29.2 Å². The van der Waals surface area contributed by atoms with Crippen molar-refractivity contribution in [1.82, 2.24) is 9.29 Å². The molecule has 1 N–H and O–H groups in total. The number of anilines is 1. The summed E-state index contributed by atoms with van der Waals surface area (Å²) in [5.41, 5.74) is 1.39. The van der Waals surface area contributed by atoms with E-state index in [4.69, 9.17) is 0 Å². The normalized spacial score (nSPS) is 17.0. The molecule has 0 aliphatic heterocycles. The molecule has 1 aliphatic carbocycles. The lowest BCUT2D eigenvalue weighted by atomic mass is 9.93. The highest BCUT2D eigenvalue weighted by Gasteiger charge is 2.24. The number of nitrogens with one attached hydrogen (secondary N) is 1. The van der Waals surface area contributed by atoms with Crippen LogP contribution < -0.4 is 5.32 Å². The lowest BCUT2D eigenvalue weighted by Crippen LogP contribution is -2.30. The van der Waals surface area contributed by atoms with Gasteiger partial charge >= 0.3 is 0 Å². The van der Waals surface area contributed by atoms with Crippen LogP contribution in [0.5, 0.6) is 0 Å². The number of hydrogen-bond donors (Lipinski definition) is 1. The molecule has 0 bridgehead atoms. The van der Waals surface area contributed by atoms with E-state index in [1.807, 2.05) is 0 Å². The van der Waals surface area contributed by atoms with E-state index in [9.17, 15) is 13.2 Å². The highest BCUT2D eigenvalue weighted by Crippen LogP contribution is 2.32. The fourth-order valence-electron chi connectivity index (χ4n) is 3.27. The molecule has 1 unspecified atom stereocenters. The lowest BCUT2D eigenvalue weighted by Gasteiger charge is -2.18. The predicted octanol–water partition coefficient (Wildman–Crippen LogP) is 3.55. The number of aryl methyl sites for hydroxylation is 1. The molecule has 0 spiro atoms. The van der Waals surface area contributed by atoms with Crippen LogP contribution in [-0.4, -0.2) is 36.7 Å². The maximum absolute atomic E-state index is 12.7. The molecule has 0 fully saturated rings. The van der Waals surface area contributed by atoms with Crippen LogP contribution in [-0.2, 0) is 22.9 Å². The second-order valence-electron chi connectivity index (χ2n) is 6.81. The molecular weight excluding hydrogens is 382 g/mol. The lowest BCUT2D eigenvalue weighted by molar-refractivity contribution is 0.102. The molecule has 1 aromatic carbocycles. The molecule has 27 heavy (non-hydrogen) atoms. The van der Waals surface area contributed by atoms with Crippen LogP contribution in [0, 0.1) is 5.92 Å². The Hall–Kier alpha value is -1.77. The van der Waals surface area contributed by atoms with Crippen molar-refractivity contribution in [2.24, 2.45) is 5.92 Å². The van der Waals surface area contributed by atoms with Crippen molar-refractivity contribution >= 4 is 32.4 Å². The van der Waals surface area contributed by atoms with Gasteiger partial charge in [0.25, 0.3) is 5.91 Å². The summed E-state index contributed by atoms with van der Waals surface area (Å²) in [5.74, 6) is 0.300. The number of sulfonamides is 1. The van der Waals surface area contributed by atoms with Gasteiger partial charge in [0.2, 0.25) is 10.0 Å². The molecule has 0 saturated carbocycles. The highest BCUT2D eigenvalue weighted by atomic mass is 32.2. The van der Waals surface area contributed by atoms with Crippen molar-refractivity contribution in [1.29, 1.82) is 0 Å². The van der Waals surface area contributed by atoms with Gasteiger partial charge in [-0.2, -0.15) is 4.31 Å². The molecule has 1 atom stereocenters. The van der Waals surface area contributed by atoms with Gasteiger partial charge in [-0.25, -0.2) is 13.4 Å². The summed E-state index contributed by atoms with van der Waals surface area (Å²) >= 11 is 1.51. The topological polar surface area (TPSA) is 79.4 Å². The van der Waals surface area contributed by atoms with E-state index in [0.29, 0.717) is 29.7 Å². The first-order valence-corrected chi connectivity index (χ1v) is 11.5. The van der Waals surface area contributed by atoms with Crippen LogP contribution in [0.25, 0.3) is 0 Å². The fourth-order valence-corrected chi connectivity index (χ4v) is 5.94. The van der Waals surface area contributed by atoms with Crippen LogP contribution in [0.1, 0.15) is 48.1 Å². The van der Waals surface area contributed by atoms with E-state index in [1.165, 1.54) is 32.7 Å². The van der Waals surface area contributed by atoms with Gasteiger partial charge in [-0.15, -0.1) is 11.3 Å². The zero-order chi connectivity index (χ0) is 19.6. The zero-order valence-electron chi connectivity index (χ0n) is 15.9.